The summed E-state index contributed by atoms with van der Waals surface area (Å²) in [5.41, 5.74) is 8.15. The van der Waals surface area contributed by atoms with Gasteiger partial charge in [0.1, 0.15) is 11.5 Å². The van der Waals surface area contributed by atoms with Gasteiger partial charge in [0, 0.05) is 35.3 Å². The van der Waals surface area contributed by atoms with Crippen LogP contribution in [0.3, 0.4) is 0 Å². The van der Waals surface area contributed by atoms with Crippen LogP contribution in [0.1, 0.15) is 73.0 Å². The number of benzene rings is 5. The van der Waals surface area contributed by atoms with Gasteiger partial charge >= 0.3 is 0 Å². The minimum atomic E-state index is -0.780. The van der Waals surface area contributed by atoms with Gasteiger partial charge in [0.05, 0.1) is 78.6 Å². The zero-order valence-corrected chi connectivity index (χ0v) is 37.7. The molecule has 0 spiro atoms. The smallest absolute Gasteiger partial charge is 0.203 e. The standard InChI is InChI=1S/C51H53N3O9/c1-29-14-12-15-30(2)47(29)52-28-40(54-48-31(3)16-13-17-32(48)4)49-38(21-34-20-37(57-5)18-19-39(34)53-49)33(22-41(55)35-24-43(58-6)50(62-10)44(25-35)59-7)23-42(56)36-26-45(60-8)51(63-11)46(27-36)61-9/h12-21,24-28,33H,22-23H2,1-11H3. The number of rotatable bonds is 18. The van der Waals surface area contributed by atoms with E-state index in [4.69, 9.17) is 48.1 Å². The first-order valence-electron chi connectivity index (χ1n) is 20.3. The summed E-state index contributed by atoms with van der Waals surface area (Å²) in [5, 5.41) is 0.733. The van der Waals surface area contributed by atoms with Crippen molar-refractivity contribution in [3.63, 3.8) is 0 Å². The topological polar surface area (TPSA) is 136 Å². The number of carbonyl (C=O) groups is 2. The third kappa shape index (κ3) is 9.80. The Morgan fingerprint density at radius 3 is 1.46 bits per heavy atom. The van der Waals surface area contributed by atoms with Crippen LogP contribution in [0.4, 0.5) is 11.4 Å². The van der Waals surface area contributed by atoms with Crippen LogP contribution in [-0.2, 0) is 0 Å². The molecule has 0 fully saturated rings. The Bertz CT molecular complexity index is 2570. The maximum atomic E-state index is 14.8. The molecule has 0 saturated carbocycles. The van der Waals surface area contributed by atoms with E-state index in [1.807, 2.05) is 88.4 Å². The van der Waals surface area contributed by atoms with Crippen molar-refractivity contribution in [2.45, 2.75) is 46.5 Å². The molecule has 6 rings (SSSR count). The SMILES string of the molecule is COc1ccc2nc(C(C=Nc3c(C)cccc3C)=Nc3c(C)cccc3C)c(C(CC(=O)c3cc(OC)c(OC)c(OC)c3)CC(=O)c3cc(OC)c(OC)c(OC)c3)cc2c1. The minimum Gasteiger partial charge on any atom is -0.497 e. The average Bonchev–Trinajstić information content (AvgIpc) is 3.29. The lowest BCUT2D eigenvalue weighted by atomic mass is 9.84. The number of nitrogens with zero attached hydrogens (tertiary/aromatic N) is 3. The highest BCUT2D eigenvalue weighted by molar-refractivity contribution is 6.39. The zero-order valence-electron chi connectivity index (χ0n) is 37.7. The van der Waals surface area contributed by atoms with Crippen molar-refractivity contribution >= 4 is 45.8 Å². The first-order valence-corrected chi connectivity index (χ1v) is 20.3. The van der Waals surface area contributed by atoms with Crippen LogP contribution in [0.5, 0.6) is 40.2 Å². The van der Waals surface area contributed by atoms with E-state index < -0.39 is 5.92 Å². The number of para-hydroxylation sites is 2. The summed E-state index contributed by atoms with van der Waals surface area (Å²) in [5.74, 6) is 1.21. The van der Waals surface area contributed by atoms with E-state index in [9.17, 15) is 9.59 Å². The first-order chi connectivity index (χ1) is 30.4. The largest absolute Gasteiger partial charge is 0.497 e. The fraction of sp³-hybridized carbons (Fsp3) is 0.275. The molecule has 6 aromatic rings. The molecule has 12 nitrogen and oxygen atoms in total. The number of Topliss-reactive ketones (excluding diaryl/α,β-unsaturated/α-hetero) is 2. The Balaban J connectivity index is 1.64. The number of methoxy groups -OCH3 is 7. The maximum Gasteiger partial charge on any atom is 0.203 e. The number of hydrogen-bond acceptors (Lipinski definition) is 12. The average molecular weight is 852 g/mol. The second-order valence-corrected chi connectivity index (χ2v) is 15.0. The number of aromatic nitrogens is 1. The van der Waals surface area contributed by atoms with Gasteiger partial charge in [0.25, 0.3) is 0 Å². The summed E-state index contributed by atoms with van der Waals surface area (Å²) in [7, 11) is 10.5. The van der Waals surface area contributed by atoms with E-state index in [0.29, 0.717) is 73.9 Å². The molecule has 0 saturated heterocycles. The molecular formula is C51H53N3O9. The summed E-state index contributed by atoms with van der Waals surface area (Å²) >= 11 is 0. The molecule has 0 aliphatic heterocycles. The molecule has 0 radical (unpaired) electrons. The van der Waals surface area contributed by atoms with Gasteiger partial charge in [-0.15, -0.1) is 0 Å². The molecule has 63 heavy (non-hydrogen) atoms. The number of aliphatic imine (C=N–C) groups is 2. The Kier molecular flexibility index (Phi) is 14.5. The third-order valence-corrected chi connectivity index (χ3v) is 11.0. The van der Waals surface area contributed by atoms with E-state index in [-0.39, 0.29) is 24.4 Å². The number of hydrogen-bond donors (Lipinski definition) is 0. The van der Waals surface area contributed by atoms with E-state index >= 15 is 0 Å². The quantitative estimate of drug-likeness (QED) is 0.0607. The van der Waals surface area contributed by atoms with Crippen LogP contribution < -0.4 is 33.2 Å². The summed E-state index contributed by atoms with van der Waals surface area (Å²) in [6.45, 7) is 8.02. The lowest BCUT2D eigenvalue weighted by Crippen LogP contribution is -2.18. The Morgan fingerprint density at radius 1 is 0.571 bits per heavy atom. The highest BCUT2D eigenvalue weighted by Crippen LogP contribution is 2.42. The lowest BCUT2D eigenvalue weighted by Gasteiger charge is -2.22. The van der Waals surface area contributed by atoms with Crippen molar-refractivity contribution in [2.24, 2.45) is 9.98 Å². The molecule has 0 N–H and O–H groups in total. The van der Waals surface area contributed by atoms with Crippen molar-refractivity contribution in [1.82, 2.24) is 4.98 Å². The van der Waals surface area contributed by atoms with Crippen molar-refractivity contribution in [3.8, 4) is 40.2 Å². The molecule has 0 atom stereocenters. The fourth-order valence-corrected chi connectivity index (χ4v) is 7.65. The number of pyridine rings is 1. The molecule has 12 heteroatoms. The normalized spacial score (nSPS) is 11.5. The number of fused-ring (bicyclic) bond motifs is 1. The summed E-state index contributed by atoms with van der Waals surface area (Å²) < 4.78 is 39.2. The predicted octanol–water partition coefficient (Wildman–Crippen LogP) is 10.7. The molecular weight excluding hydrogens is 799 g/mol. The zero-order chi connectivity index (χ0) is 45.4. The van der Waals surface area contributed by atoms with Gasteiger partial charge < -0.3 is 33.2 Å². The van der Waals surface area contributed by atoms with Gasteiger partial charge in [-0.2, -0.15) is 0 Å². The van der Waals surface area contributed by atoms with Crippen molar-refractivity contribution in [2.75, 3.05) is 49.8 Å². The fourth-order valence-electron chi connectivity index (χ4n) is 7.65. The van der Waals surface area contributed by atoms with Crippen molar-refractivity contribution in [1.29, 1.82) is 0 Å². The molecule has 0 bridgehead atoms. The van der Waals surface area contributed by atoms with Gasteiger partial charge in [0.2, 0.25) is 11.5 Å². The van der Waals surface area contributed by atoms with E-state index in [1.54, 1.807) is 37.6 Å². The molecule has 5 aromatic carbocycles. The summed E-state index contributed by atoms with van der Waals surface area (Å²) in [6, 6.07) is 26.0. The highest BCUT2D eigenvalue weighted by Gasteiger charge is 2.29. The van der Waals surface area contributed by atoms with Crippen LogP contribution in [-0.4, -0.2) is 78.2 Å². The number of aryl methyl sites for hydroxylation is 4. The van der Waals surface area contributed by atoms with E-state index in [1.165, 1.54) is 42.7 Å². The van der Waals surface area contributed by atoms with Gasteiger partial charge in [-0.05, 0) is 104 Å². The molecule has 326 valence electrons. The van der Waals surface area contributed by atoms with Crippen molar-refractivity contribution < 1.29 is 42.7 Å². The monoisotopic (exact) mass is 851 g/mol. The first kappa shape index (κ1) is 45.3. The van der Waals surface area contributed by atoms with Crippen LogP contribution in [0.25, 0.3) is 10.9 Å². The summed E-state index contributed by atoms with van der Waals surface area (Å²) in [4.78, 5) is 45.2. The highest BCUT2D eigenvalue weighted by atomic mass is 16.5. The van der Waals surface area contributed by atoms with Gasteiger partial charge in [-0.1, -0.05) is 36.4 Å². The maximum absolute atomic E-state index is 14.8. The van der Waals surface area contributed by atoms with Crippen molar-refractivity contribution in [3.05, 3.63) is 130 Å². The Morgan fingerprint density at radius 2 is 1.03 bits per heavy atom. The van der Waals surface area contributed by atoms with Gasteiger partial charge in [-0.3, -0.25) is 14.6 Å². The lowest BCUT2D eigenvalue weighted by molar-refractivity contribution is 0.0943. The minimum absolute atomic E-state index is 0.135. The second-order valence-electron chi connectivity index (χ2n) is 15.0. The Labute approximate surface area is 368 Å². The van der Waals surface area contributed by atoms with Crippen LogP contribution in [0, 0.1) is 27.7 Å². The third-order valence-electron chi connectivity index (χ3n) is 11.0. The van der Waals surface area contributed by atoms with Crippen LogP contribution in [0.15, 0.2) is 94.9 Å². The number of ketones is 2. The summed E-state index contributed by atoms with van der Waals surface area (Å²) in [6.07, 6.45) is 1.45. The molecule has 1 aromatic heterocycles. The molecule has 0 aliphatic rings. The van der Waals surface area contributed by atoms with Gasteiger partial charge in [0.15, 0.2) is 34.6 Å². The van der Waals surface area contributed by atoms with Crippen LogP contribution >= 0.6 is 0 Å². The van der Waals surface area contributed by atoms with Crippen LogP contribution in [0.2, 0.25) is 0 Å². The predicted molar refractivity (Wildman–Crippen MR) is 247 cm³/mol. The number of carbonyl (C=O) groups excluding carboxylic acids is 2. The molecule has 0 amide bonds. The van der Waals surface area contributed by atoms with E-state index in [0.717, 1.165) is 39.0 Å². The molecule has 1 heterocycles. The van der Waals surface area contributed by atoms with E-state index in [2.05, 4.69) is 0 Å². The molecule has 0 unspecified atom stereocenters. The second kappa shape index (κ2) is 20.1. The van der Waals surface area contributed by atoms with Gasteiger partial charge in [-0.25, -0.2) is 9.98 Å². The number of ether oxygens (including phenoxy) is 7. The molecule has 0 aliphatic carbocycles. The Hall–Kier alpha value is -7.21.